The second kappa shape index (κ2) is 5.80. The van der Waals surface area contributed by atoms with E-state index in [-0.39, 0.29) is 0 Å². The normalized spacial score (nSPS) is 11.0. The van der Waals surface area contributed by atoms with Gasteiger partial charge in [0.15, 0.2) is 0 Å². The van der Waals surface area contributed by atoms with Crippen LogP contribution >= 0.6 is 11.6 Å². The van der Waals surface area contributed by atoms with Crippen molar-refractivity contribution in [3.63, 3.8) is 0 Å². The lowest BCUT2D eigenvalue weighted by molar-refractivity contribution is 0.414. The van der Waals surface area contributed by atoms with Crippen LogP contribution in [0.2, 0.25) is 5.02 Å². The molecular weight excluding hydrogens is 284 g/mol. The van der Waals surface area contributed by atoms with Crippen molar-refractivity contribution >= 4 is 22.5 Å². The molecule has 0 aliphatic carbocycles. The Labute approximate surface area is 128 Å². The fraction of sp³-hybridized carbons (Fsp3) is 0.176. The molecule has 3 aromatic rings. The average molecular weight is 301 g/mol. The zero-order chi connectivity index (χ0) is 14.8. The Morgan fingerprint density at radius 1 is 1.14 bits per heavy atom. The topological polar surface area (TPSA) is 40.2 Å². The van der Waals surface area contributed by atoms with Crippen molar-refractivity contribution in [2.45, 2.75) is 13.1 Å². The van der Waals surface area contributed by atoms with Gasteiger partial charge in [-0.25, -0.2) is 0 Å². The summed E-state index contributed by atoms with van der Waals surface area (Å²) in [7, 11) is 1.67. The maximum Gasteiger partial charge on any atom is 0.118 e. The fourth-order valence-corrected chi connectivity index (χ4v) is 2.73. The third-order valence-electron chi connectivity index (χ3n) is 3.66. The van der Waals surface area contributed by atoms with E-state index in [1.54, 1.807) is 7.11 Å². The molecule has 0 aliphatic heterocycles. The molecule has 3 rings (SSSR count). The Balaban J connectivity index is 2.00. The number of fused-ring (bicyclic) bond motifs is 1. The third kappa shape index (κ3) is 2.75. The van der Waals surface area contributed by atoms with Gasteiger partial charge in [-0.15, -0.1) is 0 Å². The molecule has 1 aromatic heterocycles. The van der Waals surface area contributed by atoms with Crippen molar-refractivity contribution in [3.8, 4) is 5.75 Å². The van der Waals surface area contributed by atoms with E-state index in [0.29, 0.717) is 6.54 Å². The van der Waals surface area contributed by atoms with Crippen LogP contribution in [0.4, 0.5) is 0 Å². The molecule has 0 atom stereocenters. The van der Waals surface area contributed by atoms with Crippen molar-refractivity contribution in [1.29, 1.82) is 0 Å². The number of nitrogens with zero attached hydrogens (tertiary/aromatic N) is 1. The Morgan fingerprint density at radius 3 is 2.57 bits per heavy atom. The maximum atomic E-state index is 6.12. The van der Waals surface area contributed by atoms with Gasteiger partial charge >= 0.3 is 0 Å². The molecule has 108 valence electrons. The molecule has 0 aliphatic rings. The number of rotatable bonds is 4. The largest absolute Gasteiger partial charge is 0.497 e. The predicted molar refractivity (Wildman–Crippen MR) is 86.9 cm³/mol. The first kappa shape index (κ1) is 14.0. The summed E-state index contributed by atoms with van der Waals surface area (Å²) in [4.78, 5) is 0. The van der Waals surface area contributed by atoms with Crippen LogP contribution in [0.3, 0.4) is 0 Å². The molecule has 0 spiro atoms. The summed E-state index contributed by atoms with van der Waals surface area (Å²) in [5, 5.41) is 1.90. The van der Waals surface area contributed by atoms with Gasteiger partial charge in [0.05, 0.1) is 12.6 Å². The molecule has 0 radical (unpaired) electrons. The number of halogens is 1. The van der Waals surface area contributed by atoms with Crippen LogP contribution in [0, 0.1) is 0 Å². The standard InChI is InChI=1S/C17H17ClN2O/c1-21-15-5-2-12(3-6-15)10-20-11-13(9-19)16-7-4-14(18)8-17(16)20/h2-8,11H,9-10,19H2,1H3. The minimum Gasteiger partial charge on any atom is -0.497 e. The number of aromatic nitrogens is 1. The number of hydrogen-bond acceptors (Lipinski definition) is 2. The van der Waals surface area contributed by atoms with E-state index in [4.69, 9.17) is 22.1 Å². The molecule has 4 heteroatoms. The highest BCUT2D eigenvalue weighted by atomic mass is 35.5. The van der Waals surface area contributed by atoms with Gasteiger partial charge in [-0.2, -0.15) is 0 Å². The Bertz CT molecular complexity index is 762. The van der Waals surface area contributed by atoms with E-state index < -0.39 is 0 Å². The summed E-state index contributed by atoms with van der Waals surface area (Å²) < 4.78 is 7.37. The maximum absolute atomic E-state index is 6.12. The molecule has 2 aromatic carbocycles. The first-order valence-corrected chi connectivity index (χ1v) is 7.19. The van der Waals surface area contributed by atoms with Crippen LogP contribution < -0.4 is 10.5 Å². The fourth-order valence-electron chi connectivity index (χ4n) is 2.56. The molecule has 1 heterocycles. The molecule has 0 unspecified atom stereocenters. The van der Waals surface area contributed by atoms with Gasteiger partial charge in [0.25, 0.3) is 0 Å². The van der Waals surface area contributed by atoms with E-state index in [1.165, 1.54) is 5.56 Å². The SMILES string of the molecule is COc1ccc(Cn2cc(CN)c3ccc(Cl)cc32)cc1. The van der Waals surface area contributed by atoms with Gasteiger partial charge in [0.2, 0.25) is 0 Å². The highest BCUT2D eigenvalue weighted by Crippen LogP contribution is 2.25. The number of hydrogen-bond donors (Lipinski definition) is 1. The summed E-state index contributed by atoms with van der Waals surface area (Å²) in [5.41, 5.74) is 9.28. The van der Waals surface area contributed by atoms with Crippen molar-refractivity contribution in [1.82, 2.24) is 4.57 Å². The molecule has 0 amide bonds. The Morgan fingerprint density at radius 2 is 1.90 bits per heavy atom. The van der Waals surface area contributed by atoms with Crippen molar-refractivity contribution in [2.75, 3.05) is 7.11 Å². The van der Waals surface area contributed by atoms with E-state index in [0.717, 1.165) is 33.8 Å². The molecule has 2 N–H and O–H groups in total. The van der Waals surface area contributed by atoms with Crippen LogP contribution in [0.25, 0.3) is 10.9 Å². The number of methoxy groups -OCH3 is 1. The van der Waals surface area contributed by atoms with E-state index >= 15 is 0 Å². The molecule has 0 saturated carbocycles. The molecule has 3 nitrogen and oxygen atoms in total. The summed E-state index contributed by atoms with van der Waals surface area (Å²) in [6.07, 6.45) is 2.10. The monoisotopic (exact) mass is 300 g/mol. The van der Waals surface area contributed by atoms with E-state index in [1.807, 2.05) is 30.3 Å². The predicted octanol–water partition coefficient (Wildman–Crippen LogP) is 3.81. The lowest BCUT2D eigenvalue weighted by Crippen LogP contribution is -1.98. The summed E-state index contributed by atoms with van der Waals surface area (Å²) in [6.45, 7) is 1.30. The van der Waals surface area contributed by atoms with Gasteiger partial charge < -0.3 is 15.0 Å². The number of ether oxygens (including phenoxy) is 1. The zero-order valence-electron chi connectivity index (χ0n) is 11.8. The Kier molecular flexibility index (Phi) is 3.86. The van der Waals surface area contributed by atoms with Crippen LogP contribution in [0.5, 0.6) is 5.75 Å². The molecule has 0 fully saturated rings. The van der Waals surface area contributed by atoms with E-state index in [9.17, 15) is 0 Å². The van der Waals surface area contributed by atoms with Gasteiger partial charge in [0, 0.05) is 29.7 Å². The number of nitrogens with two attached hydrogens (primary N) is 1. The van der Waals surface area contributed by atoms with Crippen LogP contribution in [-0.4, -0.2) is 11.7 Å². The highest BCUT2D eigenvalue weighted by molar-refractivity contribution is 6.31. The summed E-state index contributed by atoms with van der Waals surface area (Å²) >= 11 is 6.12. The quantitative estimate of drug-likeness (QED) is 0.796. The van der Waals surface area contributed by atoms with Gasteiger partial charge in [0.1, 0.15) is 5.75 Å². The first-order chi connectivity index (χ1) is 10.2. The van der Waals surface area contributed by atoms with Gasteiger partial charge in [-0.05, 0) is 35.4 Å². The smallest absolute Gasteiger partial charge is 0.118 e. The second-order valence-corrected chi connectivity index (χ2v) is 5.43. The third-order valence-corrected chi connectivity index (χ3v) is 3.89. The minimum atomic E-state index is 0.522. The lowest BCUT2D eigenvalue weighted by atomic mass is 10.2. The lowest BCUT2D eigenvalue weighted by Gasteiger charge is -2.07. The van der Waals surface area contributed by atoms with Crippen LogP contribution in [0.1, 0.15) is 11.1 Å². The summed E-state index contributed by atoms with van der Waals surface area (Å²) in [6, 6.07) is 14.0. The van der Waals surface area contributed by atoms with Crippen molar-refractivity contribution < 1.29 is 4.74 Å². The molecule has 21 heavy (non-hydrogen) atoms. The van der Waals surface area contributed by atoms with E-state index in [2.05, 4.69) is 22.9 Å². The Hall–Kier alpha value is -1.97. The average Bonchev–Trinajstić information content (AvgIpc) is 2.85. The molecule has 0 bridgehead atoms. The molecule has 0 saturated heterocycles. The molecular formula is C17H17ClN2O. The highest BCUT2D eigenvalue weighted by Gasteiger charge is 2.08. The summed E-state index contributed by atoms with van der Waals surface area (Å²) in [5.74, 6) is 0.863. The first-order valence-electron chi connectivity index (χ1n) is 6.81. The van der Waals surface area contributed by atoms with Gasteiger partial charge in [-0.1, -0.05) is 29.8 Å². The van der Waals surface area contributed by atoms with Crippen LogP contribution in [0.15, 0.2) is 48.7 Å². The number of benzene rings is 2. The van der Waals surface area contributed by atoms with Crippen molar-refractivity contribution in [3.05, 3.63) is 64.8 Å². The zero-order valence-corrected chi connectivity index (χ0v) is 12.6. The minimum absolute atomic E-state index is 0.522. The van der Waals surface area contributed by atoms with Crippen LogP contribution in [-0.2, 0) is 13.1 Å². The second-order valence-electron chi connectivity index (χ2n) is 5.00. The van der Waals surface area contributed by atoms with Crippen molar-refractivity contribution in [2.24, 2.45) is 5.73 Å². The van der Waals surface area contributed by atoms with Gasteiger partial charge in [-0.3, -0.25) is 0 Å².